The van der Waals surface area contributed by atoms with Crippen LogP contribution in [0.2, 0.25) is 0 Å². The molecule has 1 aromatic heterocycles. The molecule has 2 aliphatic heterocycles. The van der Waals surface area contributed by atoms with Gasteiger partial charge in [-0.05, 0) is 56.5 Å². The molecule has 2 fully saturated rings. The number of furan rings is 1. The minimum Gasteiger partial charge on any atom is -0.468 e. The first-order valence-electron chi connectivity index (χ1n) is 11.1. The van der Waals surface area contributed by atoms with Crippen molar-refractivity contribution in [2.24, 2.45) is 5.92 Å². The number of nitrogens with zero attached hydrogens (tertiary/aromatic N) is 2. The van der Waals surface area contributed by atoms with E-state index in [1.807, 2.05) is 47.4 Å². The van der Waals surface area contributed by atoms with Gasteiger partial charge >= 0.3 is 0 Å². The van der Waals surface area contributed by atoms with Crippen LogP contribution in [-0.4, -0.2) is 54.3 Å². The van der Waals surface area contributed by atoms with Crippen molar-refractivity contribution in [1.82, 2.24) is 15.1 Å². The maximum atomic E-state index is 12.9. The van der Waals surface area contributed by atoms with Gasteiger partial charge in [-0.1, -0.05) is 30.3 Å². The fraction of sp³-hybridized carbons (Fsp3) is 0.500. The van der Waals surface area contributed by atoms with Gasteiger partial charge in [0.05, 0.1) is 24.6 Å². The number of carbonyl (C=O) groups is 2. The van der Waals surface area contributed by atoms with Crippen LogP contribution < -0.4 is 5.32 Å². The summed E-state index contributed by atoms with van der Waals surface area (Å²) < 4.78 is 5.65. The van der Waals surface area contributed by atoms with Crippen LogP contribution in [0.4, 0.5) is 0 Å². The van der Waals surface area contributed by atoms with Gasteiger partial charge in [0.15, 0.2) is 0 Å². The van der Waals surface area contributed by atoms with E-state index in [0.29, 0.717) is 19.5 Å². The van der Waals surface area contributed by atoms with Crippen molar-refractivity contribution < 1.29 is 14.0 Å². The third kappa shape index (κ3) is 5.11. The summed E-state index contributed by atoms with van der Waals surface area (Å²) >= 11 is 0. The Morgan fingerprint density at radius 3 is 2.57 bits per heavy atom. The van der Waals surface area contributed by atoms with Gasteiger partial charge in [-0.15, -0.1) is 0 Å². The molecule has 0 bridgehead atoms. The second-order valence-electron chi connectivity index (χ2n) is 8.36. The fourth-order valence-corrected chi connectivity index (χ4v) is 4.59. The molecule has 2 aromatic rings. The van der Waals surface area contributed by atoms with Crippen molar-refractivity contribution >= 4 is 11.8 Å². The van der Waals surface area contributed by atoms with E-state index in [-0.39, 0.29) is 23.8 Å². The third-order valence-corrected chi connectivity index (χ3v) is 6.27. The van der Waals surface area contributed by atoms with E-state index in [0.717, 1.165) is 43.8 Å². The second-order valence-corrected chi connectivity index (χ2v) is 8.36. The third-order valence-electron chi connectivity index (χ3n) is 6.27. The van der Waals surface area contributed by atoms with E-state index in [1.165, 1.54) is 12.8 Å². The molecule has 0 saturated carbocycles. The van der Waals surface area contributed by atoms with Crippen LogP contribution in [0, 0.1) is 5.92 Å². The molecule has 2 amide bonds. The highest BCUT2D eigenvalue weighted by atomic mass is 16.3. The van der Waals surface area contributed by atoms with Crippen LogP contribution >= 0.6 is 0 Å². The topological polar surface area (TPSA) is 65.8 Å². The molecule has 2 atom stereocenters. The smallest absolute Gasteiger partial charge is 0.227 e. The number of hydrogen-bond donors (Lipinski definition) is 1. The Bertz CT molecular complexity index is 815. The first-order valence-corrected chi connectivity index (χ1v) is 11.1. The molecule has 6 nitrogen and oxygen atoms in total. The van der Waals surface area contributed by atoms with Gasteiger partial charge in [-0.25, -0.2) is 0 Å². The molecular weight excluding hydrogens is 378 g/mol. The van der Waals surface area contributed by atoms with Crippen molar-refractivity contribution in [3.8, 4) is 0 Å². The maximum Gasteiger partial charge on any atom is 0.227 e. The average molecular weight is 410 g/mol. The zero-order chi connectivity index (χ0) is 20.8. The Hall–Kier alpha value is -2.60. The van der Waals surface area contributed by atoms with Gasteiger partial charge in [-0.2, -0.15) is 0 Å². The molecule has 4 rings (SSSR count). The van der Waals surface area contributed by atoms with Crippen LogP contribution in [0.15, 0.2) is 53.1 Å². The van der Waals surface area contributed by atoms with E-state index < -0.39 is 0 Å². The molecule has 0 aliphatic carbocycles. The van der Waals surface area contributed by atoms with Gasteiger partial charge < -0.3 is 14.6 Å². The van der Waals surface area contributed by atoms with E-state index in [9.17, 15) is 9.59 Å². The van der Waals surface area contributed by atoms with Crippen LogP contribution in [-0.2, 0) is 16.0 Å². The number of likely N-dealkylation sites (tertiary alicyclic amines) is 2. The average Bonchev–Trinajstić information content (AvgIpc) is 3.50. The lowest BCUT2D eigenvalue weighted by atomic mass is 9.96. The quantitative estimate of drug-likeness (QED) is 0.763. The van der Waals surface area contributed by atoms with Crippen LogP contribution in [0.3, 0.4) is 0 Å². The highest BCUT2D eigenvalue weighted by Crippen LogP contribution is 2.25. The van der Waals surface area contributed by atoms with Crippen LogP contribution in [0.1, 0.15) is 43.0 Å². The zero-order valence-electron chi connectivity index (χ0n) is 17.5. The Balaban J connectivity index is 1.32. The number of benzene rings is 1. The van der Waals surface area contributed by atoms with E-state index in [1.54, 1.807) is 6.26 Å². The van der Waals surface area contributed by atoms with Gasteiger partial charge in [0, 0.05) is 19.6 Å². The second kappa shape index (κ2) is 9.94. The summed E-state index contributed by atoms with van der Waals surface area (Å²) in [6, 6.07) is 13.8. The molecule has 0 radical (unpaired) electrons. The molecule has 0 unspecified atom stereocenters. The highest BCUT2D eigenvalue weighted by Gasteiger charge is 2.30. The number of rotatable bonds is 7. The molecule has 0 spiro atoms. The first-order chi connectivity index (χ1) is 14.7. The molecule has 6 heteroatoms. The largest absolute Gasteiger partial charge is 0.468 e. The number of amides is 2. The molecule has 160 valence electrons. The number of nitrogens with one attached hydrogen (secondary N) is 1. The summed E-state index contributed by atoms with van der Waals surface area (Å²) in [5.41, 5.74) is 1.01. The Labute approximate surface area is 178 Å². The van der Waals surface area contributed by atoms with Crippen molar-refractivity contribution in [1.29, 1.82) is 0 Å². The zero-order valence-corrected chi connectivity index (χ0v) is 17.5. The molecule has 1 aromatic carbocycles. The SMILES string of the molecule is O=C(NC[C@@H](c1ccco1)N1CCCC1)[C@@H]1CCCN(C(=O)Cc2ccccc2)C1. The van der Waals surface area contributed by atoms with Crippen molar-refractivity contribution in [3.05, 3.63) is 60.1 Å². The fourth-order valence-electron chi connectivity index (χ4n) is 4.59. The predicted molar refractivity (Wildman–Crippen MR) is 115 cm³/mol. The van der Waals surface area contributed by atoms with Crippen molar-refractivity contribution in [2.45, 2.75) is 38.1 Å². The molecule has 30 heavy (non-hydrogen) atoms. The molecule has 2 aliphatic rings. The Morgan fingerprint density at radius 1 is 1.03 bits per heavy atom. The van der Waals surface area contributed by atoms with Crippen LogP contribution in [0.25, 0.3) is 0 Å². The predicted octanol–water partition coefficient (Wildman–Crippen LogP) is 3.01. The number of hydrogen-bond acceptors (Lipinski definition) is 4. The molecule has 1 N–H and O–H groups in total. The minimum absolute atomic E-state index is 0.0444. The van der Waals surface area contributed by atoms with Gasteiger partial charge in [0.25, 0.3) is 0 Å². The lowest BCUT2D eigenvalue weighted by Crippen LogP contribution is -2.47. The molecule has 3 heterocycles. The van der Waals surface area contributed by atoms with E-state index >= 15 is 0 Å². The monoisotopic (exact) mass is 409 g/mol. The minimum atomic E-state index is -0.144. The summed E-state index contributed by atoms with van der Waals surface area (Å²) in [6.45, 7) is 3.85. The molecule has 2 saturated heterocycles. The van der Waals surface area contributed by atoms with E-state index in [4.69, 9.17) is 4.42 Å². The maximum absolute atomic E-state index is 12.9. The summed E-state index contributed by atoms with van der Waals surface area (Å²) in [5.74, 6) is 0.905. The van der Waals surface area contributed by atoms with Crippen LogP contribution in [0.5, 0.6) is 0 Å². The lowest BCUT2D eigenvalue weighted by Gasteiger charge is -2.33. The summed E-state index contributed by atoms with van der Waals surface area (Å²) in [6.07, 6.45) is 6.16. The van der Waals surface area contributed by atoms with Gasteiger partial charge in [0.1, 0.15) is 5.76 Å². The van der Waals surface area contributed by atoms with E-state index in [2.05, 4.69) is 10.2 Å². The van der Waals surface area contributed by atoms with Gasteiger partial charge in [0.2, 0.25) is 11.8 Å². The lowest BCUT2D eigenvalue weighted by molar-refractivity contribution is -0.135. The highest BCUT2D eigenvalue weighted by molar-refractivity contribution is 5.82. The normalized spacial score (nSPS) is 20.8. The van der Waals surface area contributed by atoms with Gasteiger partial charge in [-0.3, -0.25) is 14.5 Å². The Kier molecular flexibility index (Phi) is 6.84. The molecular formula is C24H31N3O3. The summed E-state index contributed by atoms with van der Waals surface area (Å²) in [7, 11) is 0. The van der Waals surface area contributed by atoms with Crippen molar-refractivity contribution in [2.75, 3.05) is 32.7 Å². The first kappa shape index (κ1) is 20.7. The summed E-state index contributed by atoms with van der Waals surface area (Å²) in [5, 5.41) is 3.15. The Morgan fingerprint density at radius 2 is 1.83 bits per heavy atom. The number of carbonyl (C=O) groups excluding carboxylic acids is 2. The summed E-state index contributed by atoms with van der Waals surface area (Å²) in [4.78, 5) is 29.9. The number of piperidine rings is 1. The van der Waals surface area contributed by atoms with Crippen molar-refractivity contribution in [3.63, 3.8) is 0 Å². The standard InChI is InChI=1S/C24H31N3O3/c28-23(16-19-8-2-1-3-9-19)27-14-6-10-20(18-27)24(29)25-17-21(22-11-7-15-30-22)26-12-4-5-13-26/h1-3,7-9,11,15,20-21H,4-6,10,12-14,16-18H2,(H,25,29)/t20-,21+/m1/s1.